The summed E-state index contributed by atoms with van der Waals surface area (Å²) in [6.07, 6.45) is 8.93. The molecule has 0 radical (unpaired) electrons. The predicted octanol–water partition coefficient (Wildman–Crippen LogP) is 5.08. The molecule has 1 aliphatic heterocycles. The summed E-state index contributed by atoms with van der Waals surface area (Å²) >= 11 is 0. The van der Waals surface area contributed by atoms with Crippen LogP contribution in [-0.4, -0.2) is 34.1 Å². The second kappa shape index (κ2) is 8.12. The van der Waals surface area contributed by atoms with Gasteiger partial charge in [-0.05, 0) is 62.0 Å². The molecule has 1 aliphatic carbocycles. The molecule has 1 aromatic heterocycles. The Morgan fingerprint density at radius 3 is 2.79 bits per heavy atom. The van der Waals surface area contributed by atoms with E-state index in [0.717, 1.165) is 20.1 Å². The Labute approximate surface area is 169 Å². The van der Waals surface area contributed by atoms with Crippen LogP contribution in [0.1, 0.15) is 63.3 Å². The largest absolute Gasteiger partial charge is 0.400 e. The number of aryl methyl sites for hydroxylation is 2. The average Bonchev–Trinajstić information content (AvgIpc) is 3.03. The fourth-order valence-electron chi connectivity index (χ4n) is 5.23. The van der Waals surface area contributed by atoms with Gasteiger partial charge in [0.25, 0.3) is 0 Å². The van der Waals surface area contributed by atoms with Gasteiger partial charge in [-0.25, -0.2) is 0 Å². The minimum absolute atomic E-state index is 0.179. The zero-order valence-electron chi connectivity index (χ0n) is 18.0. The van der Waals surface area contributed by atoms with Crippen LogP contribution < -0.4 is 0 Å². The molecule has 2 atom stereocenters. The Morgan fingerprint density at radius 1 is 1.36 bits per heavy atom. The quantitative estimate of drug-likeness (QED) is 0.575. The highest BCUT2D eigenvalue weighted by Gasteiger charge is 2.41. The number of hydrogen-bond donors (Lipinski definition) is 2. The fraction of sp³-hybridized carbons (Fsp3) is 0.542. The molecule has 1 aromatic carbocycles. The highest BCUT2D eigenvalue weighted by atomic mass is 16.2. The summed E-state index contributed by atoms with van der Waals surface area (Å²) in [6.45, 7) is 10.9. The van der Waals surface area contributed by atoms with E-state index < -0.39 is 0 Å². The standard InChI is InChI=1S/C23H31N3.CH4O/c1-5-13-25(17(3)24)15-23(4)12-11-20-21(16(23)2)19-10-6-8-18-9-7-14-26(20)22(18)19;1-2/h5-6,8,10,13,16,24H,7,9,11-12,14-15H2,1-4H3;2H,1H3/b13-5-,24-17?;. The van der Waals surface area contributed by atoms with Gasteiger partial charge in [0.05, 0.1) is 11.4 Å². The summed E-state index contributed by atoms with van der Waals surface area (Å²) in [5.74, 6) is 1.13. The summed E-state index contributed by atoms with van der Waals surface area (Å²) in [5, 5.41) is 16.6. The molecule has 0 bridgehead atoms. The van der Waals surface area contributed by atoms with Crippen molar-refractivity contribution >= 4 is 16.7 Å². The van der Waals surface area contributed by atoms with E-state index in [4.69, 9.17) is 10.5 Å². The van der Waals surface area contributed by atoms with E-state index in [-0.39, 0.29) is 5.41 Å². The molecule has 28 heavy (non-hydrogen) atoms. The lowest BCUT2D eigenvalue weighted by Crippen LogP contribution is -2.41. The van der Waals surface area contributed by atoms with Crippen LogP contribution in [0, 0.1) is 10.8 Å². The highest BCUT2D eigenvalue weighted by molar-refractivity contribution is 5.89. The van der Waals surface area contributed by atoms with Crippen LogP contribution in [0.15, 0.2) is 30.5 Å². The van der Waals surface area contributed by atoms with Crippen molar-refractivity contribution in [2.45, 2.75) is 65.8 Å². The Kier molecular flexibility index (Phi) is 5.99. The molecule has 2 N–H and O–H groups in total. The van der Waals surface area contributed by atoms with Crippen molar-refractivity contribution in [3.05, 3.63) is 47.3 Å². The Balaban J connectivity index is 0.00000109. The third kappa shape index (κ3) is 3.28. The van der Waals surface area contributed by atoms with Crippen LogP contribution in [-0.2, 0) is 19.4 Å². The minimum Gasteiger partial charge on any atom is -0.400 e. The van der Waals surface area contributed by atoms with Gasteiger partial charge >= 0.3 is 0 Å². The van der Waals surface area contributed by atoms with Gasteiger partial charge in [-0.15, -0.1) is 0 Å². The van der Waals surface area contributed by atoms with Crippen molar-refractivity contribution in [2.75, 3.05) is 13.7 Å². The van der Waals surface area contributed by atoms with Crippen molar-refractivity contribution in [1.82, 2.24) is 9.47 Å². The fourth-order valence-corrected chi connectivity index (χ4v) is 5.23. The first kappa shape index (κ1) is 20.7. The first-order chi connectivity index (χ1) is 13.5. The molecule has 0 saturated heterocycles. The molecule has 2 aromatic rings. The van der Waals surface area contributed by atoms with Gasteiger partial charge in [-0.2, -0.15) is 0 Å². The third-order valence-corrected chi connectivity index (χ3v) is 6.85. The molecule has 0 spiro atoms. The van der Waals surface area contributed by atoms with Gasteiger partial charge in [0.15, 0.2) is 0 Å². The van der Waals surface area contributed by atoms with Crippen molar-refractivity contribution < 1.29 is 5.11 Å². The molecular formula is C24H35N3O. The zero-order valence-corrected chi connectivity index (χ0v) is 18.0. The van der Waals surface area contributed by atoms with Crippen LogP contribution in [0.4, 0.5) is 0 Å². The topological polar surface area (TPSA) is 52.2 Å². The smallest absolute Gasteiger partial charge is 0.0966 e. The third-order valence-electron chi connectivity index (χ3n) is 6.85. The predicted molar refractivity (Wildman–Crippen MR) is 118 cm³/mol. The Hall–Kier alpha value is -2.07. The van der Waals surface area contributed by atoms with Crippen molar-refractivity contribution in [2.24, 2.45) is 5.41 Å². The van der Waals surface area contributed by atoms with Gasteiger partial charge < -0.3 is 14.6 Å². The number of hydrogen-bond acceptors (Lipinski definition) is 2. The second-order valence-corrected chi connectivity index (χ2v) is 8.50. The van der Waals surface area contributed by atoms with Crippen LogP contribution >= 0.6 is 0 Å². The molecule has 0 fully saturated rings. The van der Waals surface area contributed by atoms with Crippen LogP contribution in [0.5, 0.6) is 0 Å². The summed E-state index contributed by atoms with van der Waals surface area (Å²) in [5.41, 5.74) is 6.39. The van der Waals surface area contributed by atoms with E-state index in [9.17, 15) is 0 Å². The average molecular weight is 382 g/mol. The minimum atomic E-state index is 0.179. The van der Waals surface area contributed by atoms with Crippen LogP contribution in [0.2, 0.25) is 0 Å². The molecule has 2 heterocycles. The van der Waals surface area contributed by atoms with Crippen LogP contribution in [0.25, 0.3) is 10.9 Å². The zero-order chi connectivity index (χ0) is 20.5. The molecule has 4 nitrogen and oxygen atoms in total. The maximum atomic E-state index is 8.14. The number of para-hydroxylation sites is 1. The van der Waals surface area contributed by atoms with Gasteiger partial charge in [0.1, 0.15) is 0 Å². The number of aliphatic hydroxyl groups is 1. The van der Waals surface area contributed by atoms with E-state index in [2.05, 4.69) is 47.7 Å². The van der Waals surface area contributed by atoms with Crippen LogP contribution in [0.3, 0.4) is 0 Å². The molecule has 0 amide bonds. The second-order valence-electron chi connectivity index (χ2n) is 8.50. The summed E-state index contributed by atoms with van der Waals surface area (Å²) in [6, 6.07) is 6.91. The summed E-state index contributed by atoms with van der Waals surface area (Å²) < 4.78 is 2.63. The first-order valence-electron chi connectivity index (χ1n) is 10.5. The molecular weight excluding hydrogens is 346 g/mol. The van der Waals surface area contributed by atoms with Gasteiger partial charge in [0, 0.05) is 37.5 Å². The molecule has 4 rings (SSSR count). The lowest BCUT2D eigenvalue weighted by molar-refractivity contribution is 0.187. The van der Waals surface area contributed by atoms with E-state index in [1.165, 1.54) is 42.3 Å². The van der Waals surface area contributed by atoms with Gasteiger partial charge in [-0.3, -0.25) is 5.41 Å². The number of allylic oxidation sites excluding steroid dienone is 1. The lowest BCUT2D eigenvalue weighted by Gasteiger charge is -2.43. The molecule has 152 valence electrons. The maximum absolute atomic E-state index is 8.14. The number of benzene rings is 1. The highest BCUT2D eigenvalue weighted by Crippen LogP contribution is 2.50. The Morgan fingerprint density at radius 2 is 2.11 bits per heavy atom. The molecule has 2 unspecified atom stereocenters. The number of nitrogens with zero attached hydrogens (tertiary/aromatic N) is 2. The van der Waals surface area contributed by atoms with E-state index in [0.29, 0.717) is 11.8 Å². The van der Waals surface area contributed by atoms with Crippen molar-refractivity contribution in [3.8, 4) is 0 Å². The number of aliphatic hydroxyl groups excluding tert-OH is 1. The number of amidine groups is 1. The monoisotopic (exact) mass is 381 g/mol. The van der Waals surface area contributed by atoms with E-state index in [1.807, 2.05) is 19.9 Å². The van der Waals surface area contributed by atoms with Gasteiger partial charge in [-0.1, -0.05) is 38.1 Å². The number of nitrogens with one attached hydrogen (secondary N) is 1. The Bertz CT molecular complexity index is 895. The maximum Gasteiger partial charge on any atom is 0.0966 e. The lowest BCUT2D eigenvalue weighted by atomic mass is 9.66. The number of fused-ring (bicyclic) bond motifs is 3. The van der Waals surface area contributed by atoms with E-state index in [1.54, 1.807) is 11.3 Å². The molecule has 4 heteroatoms. The van der Waals surface area contributed by atoms with Crippen molar-refractivity contribution in [1.29, 1.82) is 5.41 Å². The van der Waals surface area contributed by atoms with E-state index >= 15 is 0 Å². The normalized spacial score (nSPS) is 23.3. The molecule has 0 saturated carbocycles. The SMILES string of the molecule is C/C=C\N(CC1(C)CCc2c(c3cccc4c3n2CCC4)C1C)C(C)=N.CO. The van der Waals surface area contributed by atoms with Crippen molar-refractivity contribution in [3.63, 3.8) is 0 Å². The summed E-state index contributed by atoms with van der Waals surface area (Å²) in [4.78, 5) is 2.12. The number of rotatable bonds is 3. The summed E-state index contributed by atoms with van der Waals surface area (Å²) in [7, 11) is 1.00. The first-order valence-corrected chi connectivity index (χ1v) is 10.5. The molecule has 2 aliphatic rings. The number of aromatic nitrogens is 1. The van der Waals surface area contributed by atoms with Gasteiger partial charge in [0.2, 0.25) is 0 Å².